The molecule has 0 radical (unpaired) electrons. The van der Waals surface area contributed by atoms with Gasteiger partial charge in [-0.05, 0) is 79.6 Å². The number of esters is 1. The molecule has 1 heterocycles. The van der Waals surface area contributed by atoms with E-state index < -0.39 is 5.97 Å². The number of amides is 2. The van der Waals surface area contributed by atoms with Crippen LogP contribution in [0.25, 0.3) is 0 Å². The van der Waals surface area contributed by atoms with Crippen LogP contribution >= 0.6 is 0 Å². The lowest BCUT2D eigenvalue weighted by atomic mass is 9.81. The summed E-state index contributed by atoms with van der Waals surface area (Å²) in [5.41, 5.74) is 0.874. The molecule has 3 aliphatic rings. The number of hydrogen-bond donors (Lipinski definition) is 0. The van der Waals surface area contributed by atoms with Crippen molar-refractivity contribution in [3.05, 3.63) is 54.1 Å². The summed E-state index contributed by atoms with van der Waals surface area (Å²) in [6.07, 6.45) is 3.11. The summed E-state index contributed by atoms with van der Waals surface area (Å²) in [5.74, 6) is 0.815. The molecule has 2 bridgehead atoms. The average molecular weight is 391 g/mol. The number of rotatable bonds is 4. The topological polar surface area (TPSA) is 72.9 Å². The van der Waals surface area contributed by atoms with E-state index in [1.54, 1.807) is 55.6 Å². The number of hydrogen-bond acceptors (Lipinski definition) is 5. The van der Waals surface area contributed by atoms with E-state index in [1.165, 1.54) is 4.90 Å². The molecular formula is C23H21NO5. The van der Waals surface area contributed by atoms with Gasteiger partial charge in [0.15, 0.2) is 0 Å². The smallest absolute Gasteiger partial charge is 0.343 e. The molecule has 148 valence electrons. The molecule has 4 atom stereocenters. The summed E-state index contributed by atoms with van der Waals surface area (Å²) in [6, 6.07) is 13.2. The van der Waals surface area contributed by atoms with Crippen LogP contribution in [-0.2, 0) is 9.59 Å². The van der Waals surface area contributed by atoms with Crippen molar-refractivity contribution in [2.75, 3.05) is 12.0 Å². The van der Waals surface area contributed by atoms with Crippen LogP contribution in [0.3, 0.4) is 0 Å². The van der Waals surface area contributed by atoms with Crippen LogP contribution < -0.4 is 14.4 Å². The van der Waals surface area contributed by atoms with Crippen molar-refractivity contribution in [1.82, 2.24) is 0 Å². The van der Waals surface area contributed by atoms with Gasteiger partial charge in [0.05, 0.1) is 30.2 Å². The van der Waals surface area contributed by atoms with E-state index in [0.717, 1.165) is 19.3 Å². The van der Waals surface area contributed by atoms with Crippen molar-refractivity contribution in [3.8, 4) is 11.5 Å². The largest absolute Gasteiger partial charge is 0.497 e. The zero-order chi connectivity index (χ0) is 20.1. The van der Waals surface area contributed by atoms with Gasteiger partial charge in [0.1, 0.15) is 11.5 Å². The van der Waals surface area contributed by atoms with E-state index in [0.29, 0.717) is 34.6 Å². The second-order valence-electron chi connectivity index (χ2n) is 8.01. The molecule has 2 aromatic carbocycles. The molecule has 2 aliphatic carbocycles. The zero-order valence-electron chi connectivity index (χ0n) is 16.0. The maximum absolute atomic E-state index is 12.9. The normalized spacial score (nSPS) is 27.3. The highest BCUT2D eigenvalue weighted by molar-refractivity contribution is 6.22. The first kappa shape index (κ1) is 17.9. The minimum atomic E-state index is -0.504. The van der Waals surface area contributed by atoms with E-state index in [1.807, 2.05) is 0 Å². The maximum atomic E-state index is 12.9. The van der Waals surface area contributed by atoms with E-state index in [9.17, 15) is 14.4 Å². The highest BCUT2D eigenvalue weighted by Gasteiger charge is 2.61. The molecule has 0 spiro atoms. The van der Waals surface area contributed by atoms with E-state index in [4.69, 9.17) is 9.47 Å². The molecule has 6 heteroatoms. The first-order valence-corrected chi connectivity index (χ1v) is 9.91. The fourth-order valence-corrected chi connectivity index (χ4v) is 5.22. The lowest BCUT2D eigenvalue weighted by Crippen LogP contribution is -2.32. The predicted molar refractivity (Wildman–Crippen MR) is 105 cm³/mol. The van der Waals surface area contributed by atoms with Crippen LogP contribution in [0.2, 0.25) is 0 Å². The Kier molecular flexibility index (Phi) is 4.15. The Morgan fingerprint density at radius 2 is 1.41 bits per heavy atom. The molecular weight excluding hydrogens is 370 g/mol. The van der Waals surface area contributed by atoms with Crippen LogP contribution in [0, 0.1) is 23.7 Å². The molecule has 1 saturated heterocycles. The van der Waals surface area contributed by atoms with Crippen molar-refractivity contribution in [1.29, 1.82) is 0 Å². The summed E-state index contributed by atoms with van der Waals surface area (Å²) in [5, 5.41) is 0. The Morgan fingerprint density at radius 3 is 1.97 bits per heavy atom. The second-order valence-corrected chi connectivity index (χ2v) is 8.01. The molecule has 1 aliphatic heterocycles. The van der Waals surface area contributed by atoms with Crippen molar-refractivity contribution in [2.24, 2.45) is 23.7 Å². The van der Waals surface area contributed by atoms with Gasteiger partial charge in [0.2, 0.25) is 11.8 Å². The lowest BCUT2D eigenvalue weighted by molar-refractivity contribution is -0.123. The summed E-state index contributed by atoms with van der Waals surface area (Å²) in [7, 11) is 1.57. The van der Waals surface area contributed by atoms with Gasteiger partial charge in [-0.2, -0.15) is 0 Å². The highest BCUT2D eigenvalue weighted by atomic mass is 16.5. The third-order valence-electron chi connectivity index (χ3n) is 6.56. The fraction of sp³-hybridized carbons (Fsp3) is 0.348. The van der Waals surface area contributed by atoms with E-state index in [2.05, 4.69) is 0 Å². The number of ether oxygens (including phenoxy) is 2. The van der Waals surface area contributed by atoms with Gasteiger partial charge in [-0.25, -0.2) is 4.79 Å². The molecule has 0 N–H and O–H groups in total. The van der Waals surface area contributed by atoms with Gasteiger partial charge in [0, 0.05) is 0 Å². The Balaban J connectivity index is 1.32. The minimum absolute atomic E-state index is 0.0826. The molecule has 29 heavy (non-hydrogen) atoms. The Morgan fingerprint density at radius 1 is 0.862 bits per heavy atom. The van der Waals surface area contributed by atoms with Gasteiger partial charge in [-0.3, -0.25) is 14.5 Å². The molecule has 0 aromatic heterocycles. The monoisotopic (exact) mass is 391 g/mol. The van der Waals surface area contributed by atoms with Crippen LogP contribution in [0.5, 0.6) is 11.5 Å². The van der Waals surface area contributed by atoms with Crippen molar-refractivity contribution >= 4 is 23.5 Å². The number of fused-ring (bicyclic) bond motifs is 5. The first-order chi connectivity index (χ1) is 14.1. The number of imide groups is 1. The van der Waals surface area contributed by atoms with E-state index in [-0.39, 0.29) is 23.7 Å². The van der Waals surface area contributed by atoms with Crippen LogP contribution in [0.15, 0.2) is 48.5 Å². The molecule has 6 nitrogen and oxygen atoms in total. The SMILES string of the molecule is COc1ccc(OC(=O)c2ccc(N3C(=O)[C@@H]4[C@H]5CC[C@@H](C5)[C@H]4C3=O)cc2)cc1. The van der Waals surface area contributed by atoms with Crippen LogP contribution in [-0.4, -0.2) is 24.9 Å². The number of carbonyl (C=O) groups is 3. The molecule has 5 rings (SSSR count). The minimum Gasteiger partial charge on any atom is -0.497 e. The standard InChI is InChI=1S/C23H21NO5/c1-28-17-8-10-18(11-9-17)29-23(27)13-4-6-16(7-5-13)24-21(25)19-14-2-3-15(12-14)20(19)22(24)26/h4-11,14-15,19-20H,2-3,12H2,1H3/t14-,15-,19+,20+/m0/s1. The highest BCUT2D eigenvalue weighted by Crippen LogP contribution is 2.56. The van der Waals surface area contributed by atoms with Gasteiger partial charge in [0.25, 0.3) is 0 Å². The zero-order valence-corrected chi connectivity index (χ0v) is 16.0. The molecule has 0 unspecified atom stereocenters. The number of nitrogens with zero attached hydrogens (tertiary/aromatic N) is 1. The van der Waals surface area contributed by atoms with Crippen LogP contribution in [0.1, 0.15) is 29.6 Å². The van der Waals surface area contributed by atoms with Crippen LogP contribution in [0.4, 0.5) is 5.69 Å². The summed E-state index contributed by atoms with van der Waals surface area (Å²) in [4.78, 5) is 39.5. The van der Waals surface area contributed by atoms with Gasteiger partial charge >= 0.3 is 5.97 Å². The Bertz CT molecular complexity index is 953. The lowest BCUT2D eigenvalue weighted by Gasteiger charge is -2.19. The number of benzene rings is 2. The average Bonchev–Trinajstić information content (AvgIpc) is 3.42. The Labute approximate surface area is 168 Å². The maximum Gasteiger partial charge on any atom is 0.343 e. The first-order valence-electron chi connectivity index (χ1n) is 9.91. The van der Waals surface area contributed by atoms with Crippen molar-refractivity contribution in [2.45, 2.75) is 19.3 Å². The fourth-order valence-electron chi connectivity index (χ4n) is 5.22. The third kappa shape index (κ3) is 2.82. The van der Waals surface area contributed by atoms with Gasteiger partial charge in [-0.1, -0.05) is 0 Å². The third-order valence-corrected chi connectivity index (χ3v) is 6.56. The second kappa shape index (κ2) is 6.72. The van der Waals surface area contributed by atoms with Crippen molar-refractivity contribution < 1.29 is 23.9 Å². The molecule has 2 saturated carbocycles. The van der Waals surface area contributed by atoms with Crippen molar-refractivity contribution in [3.63, 3.8) is 0 Å². The Hall–Kier alpha value is -3.15. The number of anilines is 1. The molecule has 2 amide bonds. The van der Waals surface area contributed by atoms with Gasteiger partial charge < -0.3 is 9.47 Å². The molecule has 2 aromatic rings. The number of carbonyl (C=O) groups excluding carboxylic acids is 3. The number of methoxy groups -OCH3 is 1. The quantitative estimate of drug-likeness (QED) is 0.453. The molecule has 3 fully saturated rings. The summed E-state index contributed by atoms with van der Waals surface area (Å²) < 4.78 is 10.4. The predicted octanol–water partition coefficient (Wildman–Crippen LogP) is 3.45. The summed E-state index contributed by atoms with van der Waals surface area (Å²) >= 11 is 0. The summed E-state index contributed by atoms with van der Waals surface area (Å²) in [6.45, 7) is 0. The van der Waals surface area contributed by atoms with E-state index >= 15 is 0 Å². The van der Waals surface area contributed by atoms with Gasteiger partial charge in [-0.15, -0.1) is 0 Å².